The maximum Gasteiger partial charge on any atom is 0.301 e. The zero-order valence-corrected chi connectivity index (χ0v) is 13.3. The van der Waals surface area contributed by atoms with Gasteiger partial charge in [0.1, 0.15) is 0 Å². The Hall–Kier alpha value is -1.27. The Morgan fingerprint density at radius 3 is 2.62 bits per heavy atom. The van der Waals surface area contributed by atoms with E-state index in [0.717, 1.165) is 42.9 Å². The third-order valence-electron chi connectivity index (χ3n) is 4.23. The molecule has 0 aromatic heterocycles. The maximum absolute atomic E-state index is 12.4. The molecule has 3 rings (SSSR count). The number of fused-ring (bicyclic) bond motifs is 1. The van der Waals surface area contributed by atoms with E-state index in [0.29, 0.717) is 13.1 Å². The van der Waals surface area contributed by atoms with Crippen molar-refractivity contribution >= 4 is 21.6 Å². The number of aryl methyl sites for hydroxylation is 1. The van der Waals surface area contributed by atoms with Crippen molar-refractivity contribution in [3.8, 4) is 0 Å². The SMILES string of the molecule is CCNS(=O)(=O)N1CCCc2ccc(N3CCCC3)cc21. The highest BCUT2D eigenvalue weighted by Crippen LogP contribution is 2.33. The second-order valence-corrected chi connectivity index (χ2v) is 7.37. The molecule has 1 saturated heterocycles. The minimum Gasteiger partial charge on any atom is -0.371 e. The van der Waals surface area contributed by atoms with Gasteiger partial charge in [-0.2, -0.15) is 13.1 Å². The lowest BCUT2D eigenvalue weighted by Gasteiger charge is -2.31. The molecule has 0 radical (unpaired) electrons. The summed E-state index contributed by atoms with van der Waals surface area (Å²) in [5.41, 5.74) is 3.13. The van der Waals surface area contributed by atoms with Crippen LogP contribution in [0.3, 0.4) is 0 Å². The minimum absolute atomic E-state index is 0.417. The van der Waals surface area contributed by atoms with Gasteiger partial charge in [-0.05, 0) is 43.4 Å². The summed E-state index contributed by atoms with van der Waals surface area (Å²) in [6.45, 7) is 4.92. The van der Waals surface area contributed by atoms with E-state index >= 15 is 0 Å². The molecule has 0 saturated carbocycles. The normalized spacial score (nSPS) is 18.9. The van der Waals surface area contributed by atoms with Crippen LogP contribution in [-0.4, -0.2) is 34.6 Å². The minimum atomic E-state index is -3.42. The number of benzene rings is 1. The Kier molecular flexibility index (Phi) is 4.08. The first-order valence-corrected chi connectivity index (χ1v) is 9.21. The van der Waals surface area contributed by atoms with Gasteiger partial charge in [0.05, 0.1) is 5.69 Å². The van der Waals surface area contributed by atoms with Gasteiger partial charge in [0.25, 0.3) is 0 Å². The molecule has 2 aliphatic rings. The van der Waals surface area contributed by atoms with Gasteiger partial charge in [0.15, 0.2) is 0 Å². The lowest BCUT2D eigenvalue weighted by molar-refractivity contribution is 0.574. The Bertz CT molecular complexity index is 609. The van der Waals surface area contributed by atoms with E-state index in [1.165, 1.54) is 17.1 Å². The molecule has 0 unspecified atom stereocenters. The number of rotatable bonds is 4. The van der Waals surface area contributed by atoms with Crippen molar-refractivity contribution in [3.63, 3.8) is 0 Å². The Morgan fingerprint density at radius 1 is 1.14 bits per heavy atom. The molecule has 0 atom stereocenters. The second kappa shape index (κ2) is 5.85. The maximum atomic E-state index is 12.4. The first kappa shape index (κ1) is 14.7. The summed E-state index contributed by atoms with van der Waals surface area (Å²) >= 11 is 0. The van der Waals surface area contributed by atoms with Crippen molar-refractivity contribution in [3.05, 3.63) is 23.8 Å². The molecular weight excluding hydrogens is 286 g/mol. The average Bonchev–Trinajstić information content (AvgIpc) is 3.00. The number of hydrogen-bond donors (Lipinski definition) is 1. The lowest BCUT2D eigenvalue weighted by Crippen LogP contribution is -2.43. The molecule has 0 spiro atoms. The van der Waals surface area contributed by atoms with Crippen molar-refractivity contribution in [2.24, 2.45) is 0 Å². The molecule has 0 amide bonds. The van der Waals surface area contributed by atoms with Crippen molar-refractivity contribution < 1.29 is 8.42 Å². The fraction of sp³-hybridized carbons (Fsp3) is 0.600. The molecule has 116 valence electrons. The molecule has 5 nitrogen and oxygen atoms in total. The van der Waals surface area contributed by atoms with Crippen LogP contribution in [0, 0.1) is 0 Å². The van der Waals surface area contributed by atoms with E-state index in [1.807, 2.05) is 6.92 Å². The van der Waals surface area contributed by atoms with Gasteiger partial charge in [0, 0.05) is 31.9 Å². The van der Waals surface area contributed by atoms with Crippen molar-refractivity contribution in [2.45, 2.75) is 32.6 Å². The highest BCUT2D eigenvalue weighted by molar-refractivity contribution is 7.90. The number of nitrogens with zero attached hydrogens (tertiary/aromatic N) is 2. The molecule has 1 fully saturated rings. The van der Waals surface area contributed by atoms with Crippen molar-refractivity contribution in [2.75, 3.05) is 35.4 Å². The van der Waals surface area contributed by atoms with Crippen LogP contribution in [-0.2, 0) is 16.6 Å². The molecule has 0 aliphatic carbocycles. The fourth-order valence-corrected chi connectivity index (χ4v) is 4.53. The number of hydrogen-bond acceptors (Lipinski definition) is 3. The Morgan fingerprint density at radius 2 is 1.90 bits per heavy atom. The van der Waals surface area contributed by atoms with Crippen LogP contribution in [0.25, 0.3) is 0 Å². The Balaban J connectivity index is 1.97. The number of nitrogens with one attached hydrogen (secondary N) is 1. The fourth-order valence-electron chi connectivity index (χ4n) is 3.21. The van der Waals surface area contributed by atoms with Gasteiger partial charge in [-0.25, -0.2) is 0 Å². The standard InChI is InChI=1S/C15H23N3O2S/c1-2-16-21(19,20)18-11-5-6-13-7-8-14(12-15(13)18)17-9-3-4-10-17/h7-8,12,16H,2-6,9-11H2,1H3. The molecule has 0 bridgehead atoms. The monoisotopic (exact) mass is 309 g/mol. The van der Waals surface area contributed by atoms with Crippen LogP contribution >= 0.6 is 0 Å². The molecule has 2 heterocycles. The van der Waals surface area contributed by atoms with E-state index in [9.17, 15) is 8.42 Å². The largest absolute Gasteiger partial charge is 0.371 e. The van der Waals surface area contributed by atoms with Crippen molar-refractivity contribution in [1.29, 1.82) is 0 Å². The smallest absolute Gasteiger partial charge is 0.301 e. The van der Waals surface area contributed by atoms with Crippen LogP contribution in [0.4, 0.5) is 11.4 Å². The van der Waals surface area contributed by atoms with Gasteiger partial charge in [-0.1, -0.05) is 13.0 Å². The first-order valence-electron chi connectivity index (χ1n) is 7.77. The molecule has 2 aliphatic heterocycles. The molecule has 21 heavy (non-hydrogen) atoms. The van der Waals surface area contributed by atoms with E-state index in [1.54, 1.807) is 0 Å². The van der Waals surface area contributed by atoms with Gasteiger partial charge in [-0.3, -0.25) is 4.31 Å². The van der Waals surface area contributed by atoms with Gasteiger partial charge < -0.3 is 4.90 Å². The van der Waals surface area contributed by atoms with Crippen molar-refractivity contribution in [1.82, 2.24) is 4.72 Å². The summed E-state index contributed by atoms with van der Waals surface area (Å²) in [6.07, 6.45) is 4.27. The zero-order chi connectivity index (χ0) is 14.9. The average molecular weight is 309 g/mol. The second-order valence-electron chi connectivity index (χ2n) is 5.69. The molecular formula is C15H23N3O2S. The first-order chi connectivity index (χ1) is 10.1. The van der Waals surface area contributed by atoms with E-state index in [4.69, 9.17) is 0 Å². The third-order valence-corrected chi connectivity index (χ3v) is 5.85. The third kappa shape index (κ3) is 2.87. The van der Waals surface area contributed by atoms with Crippen LogP contribution in [0.1, 0.15) is 31.7 Å². The molecule has 1 aromatic rings. The van der Waals surface area contributed by atoms with Crippen LogP contribution < -0.4 is 13.9 Å². The van der Waals surface area contributed by atoms with E-state index in [-0.39, 0.29) is 0 Å². The van der Waals surface area contributed by atoms with E-state index < -0.39 is 10.2 Å². The molecule has 1 aromatic carbocycles. The van der Waals surface area contributed by atoms with Crippen LogP contribution in [0.5, 0.6) is 0 Å². The van der Waals surface area contributed by atoms with E-state index in [2.05, 4.69) is 27.8 Å². The van der Waals surface area contributed by atoms with Crippen LogP contribution in [0.2, 0.25) is 0 Å². The van der Waals surface area contributed by atoms with Gasteiger partial charge >= 0.3 is 10.2 Å². The number of anilines is 2. The predicted molar refractivity (Wildman–Crippen MR) is 86.2 cm³/mol. The highest BCUT2D eigenvalue weighted by Gasteiger charge is 2.27. The predicted octanol–water partition coefficient (Wildman–Crippen LogP) is 1.89. The molecule has 6 heteroatoms. The summed E-state index contributed by atoms with van der Waals surface area (Å²) in [4.78, 5) is 2.34. The lowest BCUT2D eigenvalue weighted by atomic mass is 10.0. The zero-order valence-electron chi connectivity index (χ0n) is 12.5. The summed E-state index contributed by atoms with van der Waals surface area (Å²) in [5.74, 6) is 0. The summed E-state index contributed by atoms with van der Waals surface area (Å²) < 4.78 is 28.9. The summed E-state index contributed by atoms with van der Waals surface area (Å²) in [7, 11) is -3.42. The van der Waals surface area contributed by atoms with Gasteiger partial charge in [0.2, 0.25) is 0 Å². The van der Waals surface area contributed by atoms with Gasteiger partial charge in [-0.15, -0.1) is 0 Å². The quantitative estimate of drug-likeness (QED) is 0.924. The topological polar surface area (TPSA) is 52.7 Å². The Labute approximate surface area is 127 Å². The molecule has 1 N–H and O–H groups in total. The van der Waals surface area contributed by atoms with Crippen LogP contribution in [0.15, 0.2) is 18.2 Å². The highest BCUT2D eigenvalue weighted by atomic mass is 32.2. The summed E-state index contributed by atoms with van der Waals surface area (Å²) in [6, 6.07) is 6.28. The summed E-state index contributed by atoms with van der Waals surface area (Å²) in [5, 5.41) is 0.